The molecule has 0 amide bonds. The van der Waals surface area contributed by atoms with Crippen LogP contribution >= 0.6 is 23.8 Å². The van der Waals surface area contributed by atoms with Gasteiger partial charge in [-0.2, -0.15) is 0 Å². The molecule has 2 rings (SSSR count). The molecule has 0 saturated heterocycles. The van der Waals surface area contributed by atoms with Gasteiger partial charge in [-0.15, -0.1) is 0 Å². The second-order valence-electron chi connectivity index (χ2n) is 2.37. The minimum Gasteiger partial charge on any atom is -0.265 e. The second kappa shape index (κ2) is 3.27. The number of hydrogen-bond donors (Lipinski definition) is 1. The number of aromatic nitrogens is 4. The summed E-state index contributed by atoms with van der Waals surface area (Å²) >= 11 is 10.5. The maximum atomic E-state index is 5.69. The molecule has 0 saturated carbocycles. The van der Waals surface area contributed by atoms with Crippen LogP contribution in [0.25, 0.3) is 5.82 Å². The average molecular weight is 213 g/mol. The zero-order valence-electron chi connectivity index (χ0n) is 6.44. The van der Waals surface area contributed by atoms with Gasteiger partial charge >= 0.3 is 0 Å². The first-order chi connectivity index (χ1) is 6.25. The first kappa shape index (κ1) is 8.40. The monoisotopic (exact) mass is 212 g/mol. The zero-order chi connectivity index (χ0) is 9.26. The van der Waals surface area contributed by atoms with Crippen LogP contribution in [0.2, 0.25) is 5.02 Å². The van der Waals surface area contributed by atoms with E-state index in [9.17, 15) is 0 Å². The Balaban J connectivity index is 2.47. The van der Waals surface area contributed by atoms with Crippen molar-refractivity contribution in [1.29, 1.82) is 0 Å². The second-order valence-corrected chi connectivity index (χ2v) is 3.19. The number of nitrogens with one attached hydrogen (secondary N) is 1. The molecule has 0 bridgehead atoms. The predicted molar refractivity (Wildman–Crippen MR) is 51.6 cm³/mol. The number of aromatic amines is 1. The lowest BCUT2D eigenvalue weighted by atomic mass is 10.5. The van der Waals surface area contributed by atoms with Gasteiger partial charge in [0.2, 0.25) is 4.77 Å². The Morgan fingerprint density at radius 1 is 1.38 bits per heavy atom. The van der Waals surface area contributed by atoms with E-state index < -0.39 is 0 Å². The highest BCUT2D eigenvalue weighted by Gasteiger charge is 1.96. The lowest BCUT2D eigenvalue weighted by Crippen LogP contribution is -1.96. The number of nitrogens with zero attached hydrogens (tertiary/aromatic N) is 3. The fourth-order valence-corrected chi connectivity index (χ4v) is 1.16. The Bertz CT molecular complexity index is 458. The molecule has 0 radical (unpaired) electrons. The molecule has 0 spiro atoms. The predicted octanol–water partition coefficient (Wildman–Crippen LogP) is 1.98. The lowest BCUT2D eigenvalue weighted by Gasteiger charge is -1.98. The maximum absolute atomic E-state index is 5.69. The summed E-state index contributed by atoms with van der Waals surface area (Å²) in [7, 11) is 0. The largest absolute Gasteiger partial charge is 0.265 e. The topological polar surface area (TPSA) is 46.5 Å². The van der Waals surface area contributed by atoms with Crippen molar-refractivity contribution in [3.63, 3.8) is 0 Å². The molecule has 13 heavy (non-hydrogen) atoms. The molecule has 0 aliphatic rings. The van der Waals surface area contributed by atoms with E-state index in [1.54, 1.807) is 29.3 Å². The molecule has 0 atom stereocenters. The molecule has 0 fully saturated rings. The Morgan fingerprint density at radius 3 is 2.77 bits per heavy atom. The van der Waals surface area contributed by atoms with Crippen molar-refractivity contribution in [3.05, 3.63) is 34.5 Å². The van der Waals surface area contributed by atoms with Crippen molar-refractivity contribution in [3.8, 4) is 5.82 Å². The summed E-state index contributed by atoms with van der Waals surface area (Å²) in [6.07, 6.45) is 3.13. The number of pyridine rings is 1. The molecule has 0 aliphatic heterocycles. The highest BCUT2D eigenvalue weighted by molar-refractivity contribution is 7.71. The minimum absolute atomic E-state index is 0.428. The summed E-state index contributed by atoms with van der Waals surface area (Å²) in [5.41, 5.74) is 0. The average Bonchev–Trinajstić information content (AvgIpc) is 2.53. The molecule has 6 heteroatoms. The van der Waals surface area contributed by atoms with Gasteiger partial charge in [-0.1, -0.05) is 11.6 Å². The normalized spacial score (nSPS) is 10.2. The Hall–Kier alpha value is -1.20. The van der Waals surface area contributed by atoms with Crippen LogP contribution in [-0.4, -0.2) is 19.7 Å². The molecular weight excluding hydrogens is 208 g/mol. The van der Waals surface area contributed by atoms with E-state index in [0.717, 1.165) is 0 Å². The first-order valence-electron chi connectivity index (χ1n) is 3.51. The van der Waals surface area contributed by atoms with Gasteiger partial charge in [0.1, 0.15) is 6.33 Å². The van der Waals surface area contributed by atoms with Crippen molar-refractivity contribution in [1.82, 2.24) is 19.7 Å². The summed E-state index contributed by atoms with van der Waals surface area (Å²) in [4.78, 5) is 7.94. The molecule has 0 aromatic carbocycles. The zero-order valence-corrected chi connectivity index (χ0v) is 8.01. The van der Waals surface area contributed by atoms with Crippen LogP contribution in [0, 0.1) is 4.77 Å². The standard InChI is InChI=1S/C7H5ClN4S/c8-5-1-2-6(9-3-5)12-4-10-7(13)11-12/h1-4H,(H,11,13). The summed E-state index contributed by atoms with van der Waals surface area (Å²) in [6, 6.07) is 3.52. The van der Waals surface area contributed by atoms with Gasteiger partial charge in [0, 0.05) is 6.20 Å². The smallest absolute Gasteiger partial charge is 0.213 e. The number of rotatable bonds is 1. The fraction of sp³-hybridized carbons (Fsp3) is 0. The van der Waals surface area contributed by atoms with Crippen LogP contribution in [0.5, 0.6) is 0 Å². The van der Waals surface area contributed by atoms with E-state index in [2.05, 4.69) is 15.1 Å². The van der Waals surface area contributed by atoms with E-state index in [1.807, 2.05) is 0 Å². The van der Waals surface area contributed by atoms with Gasteiger partial charge in [0.15, 0.2) is 5.82 Å². The Kier molecular flexibility index (Phi) is 2.12. The molecule has 0 aliphatic carbocycles. The lowest BCUT2D eigenvalue weighted by molar-refractivity contribution is 0.841. The molecular formula is C7H5ClN4S. The van der Waals surface area contributed by atoms with Crippen LogP contribution in [0.1, 0.15) is 0 Å². The molecule has 4 nitrogen and oxygen atoms in total. The van der Waals surface area contributed by atoms with Crippen molar-refractivity contribution < 1.29 is 0 Å². The number of halogens is 1. The van der Waals surface area contributed by atoms with E-state index in [4.69, 9.17) is 23.8 Å². The summed E-state index contributed by atoms with van der Waals surface area (Å²) in [5, 5.41) is 3.43. The minimum atomic E-state index is 0.428. The molecule has 1 N–H and O–H groups in total. The highest BCUT2D eigenvalue weighted by atomic mass is 35.5. The van der Waals surface area contributed by atoms with Crippen molar-refractivity contribution in [2.24, 2.45) is 0 Å². The third kappa shape index (κ3) is 1.76. The molecule has 2 aromatic heterocycles. The van der Waals surface area contributed by atoms with Crippen LogP contribution in [0.3, 0.4) is 0 Å². The SMILES string of the molecule is S=c1ncn(-c2ccc(Cl)cn2)[nH]1. The highest BCUT2D eigenvalue weighted by Crippen LogP contribution is 2.08. The van der Waals surface area contributed by atoms with E-state index >= 15 is 0 Å². The molecule has 2 aromatic rings. The Morgan fingerprint density at radius 2 is 2.23 bits per heavy atom. The van der Waals surface area contributed by atoms with Crippen LogP contribution in [0.15, 0.2) is 24.7 Å². The summed E-state index contributed by atoms with van der Waals surface area (Å²) < 4.78 is 2.05. The van der Waals surface area contributed by atoms with Gasteiger partial charge < -0.3 is 0 Å². The first-order valence-corrected chi connectivity index (χ1v) is 4.30. The van der Waals surface area contributed by atoms with Crippen molar-refractivity contribution in [2.45, 2.75) is 0 Å². The van der Waals surface area contributed by atoms with Crippen LogP contribution < -0.4 is 0 Å². The van der Waals surface area contributed by atoms with Gasteiger partial charge in [0.25, 0.3) is 0 Å². The van der Waals surface area contributed by atoms with Crippen molar-refractivity contribution >= 4 is 23.8 Å². The molecule has 66 valence electrons. The van der Waals surface area contributed by atoms with E-state index in [1.165, 1.54) is 0 Å². The fourth-order valence-electron chi connectivity index (χ4n) is 0.898. The third-order valence-electron chi connectivity index (χ3n) is 1.47. The van der Waals surface area contributed by atoms with E-state index in [-0.39, 0.29) is 0 Å². The van der Waals surface area contributed by atoms with Crippen LogP contribution in [-0.2, 0) is 0 Å². The quantitative estimate of drug-likeness (QED) is 0.736. The summed E-state index contributed by atoms with van der Waals surface area (Å²) in [5.74, 6) is 0.702. The van der Waals surface area contributed by atoms with Gasteiger partial charge in [-0.3, -0.25) is 5.10 Å². The Labute approximate surface area is 84.2 Å². The van der Waals surface area contributed by atoms with Gasteiger partial charge in [0.05, 0.1) is 5.02 Å². The number of H-pyrrole nitrogens is 1. The van der Waals surface area contributed by atoms with Gasteiger partial charge in [-0.05, 0) is 24.4 Å². The maximum Gasteiger partial charge on any atom is 0.213 e. The molecule has 0 unspecified atom stereocenters. The number of hydrogen-bond acceptors (Lipinski definition) is 3. The van der Waals surface area contributed by atoms with Gasteiger partial charge in [-0.25, -0.2) is 14.6 Å². The third-order valence-corrected chi connectivity index (χ3v) is 1.89. The van der Waals surface area contributed by atoms with E-state index in [0.29, 0.717) is 15.6 Å². The summed E-state index contributed by atoms with van der Waals surface area (Å²) in [6.45, 7) is 0. The molecule has 2 heterocycles. The van der Waals surface area contributed by atoms with Crippen molar-refractivity contribution in [2.75, 3.05) is 0 Å². The van der Waals surface area contributed by atoms with Crippen LogP contribution in [0.4, 0.5) is 0 Å².